The fourth-order valence-electron chi connectivity index (χ4n) is 2.03. The third-order valence-electron chi connectivity index (χ3n) is 2.81. The maximum absolute atomic E-state index is 10.6. The average Bonchev–Trinajstić information content (AvgIpc) is 2.47. The van der Waals surface area contributed by atoms with Crippen molar-refractivity contribution in [1.29, 1.82) is 0 Å². The fourth-order valence-corrected chi connectivity index (χ4v) is 2.03. The highest BCUT2D eigenvalue weighted by atomic mass is 16.4. The summed E-state index contributed by atoms with van der Waals surface area (Å²) in [6, 6.07) is 0.397. The zero-order valence-electron chi connectivity index (χ0n) is 8.99. The second-order valence-electron chi connectivity index (χ2n) is 4.30. The van der Waals surface area contributed by atoms with Crippen LogP contribution in [0, 0.1) is 5.92 Å². The summed E-state index contributed by atoms with van der Waals surface area (Å²) in [5, 5.41) is 12.1. The van der Waals surface area contributed by atoms with Crippen LogP contribution in [0.5, 0.6) is 0 Å². The molecule has 0 aromatic heterocycles. The Balaban J connectivity index is 2.31. The molecule has 0 aliphatic carbocycles. The Kier molecular flexibility index (Phi) is 4.35. The maximum atomic E-state index is 10.6. The second kappa shape index (κ2) is 5.32. The zero-order valence-corrected chi connectivity index (χ0v) is 8.99. The van der Waals surface area contributed by atoms with Gasteiger partial charge in [0.15, 0.2) is 0 Å². The van der Waals surface area contributed by atoms with Crippen LogP contribution in [-0.4, -0.2) is 49.2 Å². The molecular weight excluding hydrogens is 180 g/mol. The van der Waals surface area contributed by atoms with E-state index >= 15 is 0 Å². The molecule has 2 atom stereocenters. The number of nitrogens with zero attached hydrogens (tertiary/aromatic N) is 1. The van der Waals surface area contributed by atoms with E-state index < -0.39 is 5.97 Å². The molecule has 2 unspecified atom stereocenters. The van der Waals surface area contributed by atoms with Gasteiger partial charge in [0, 0.05) is 12.5 Å². The van der Waals surface area contributed by atoms with E-state index in [-0.39, 0.29) is 0 Å². The minimum absolute atomic E-state index is 0.311. The zero-order chi connectivity index (χ0) is 10.6. The average molecular weight is 200 g/mol. The van der Waals surface area contributed by atoms with E-state index in [4.69, 9.17) is 5.11 Å². The van der Waals surface area contributed by atoms with Crippen LogP contribution >= 0.6 is 0 Å². The lowest BCUT2D eigenvalue weighted by molar-refractivity contribution is -0.138. The van der Waals surface area contributed by atoms with Gasteiger partial charge in [-0.3, -0.25) is 4.79 Å². The summed E-state index contributed by atoms with van der Waals surface area (Å²) in [5.41, 5.74) is 0. The first-order valence-electron chi connectivity index (χ1n) is 5.19. The number of rotatable bonds is 5. The summed E-state index contributed by atoms with van der Waals surface area (Å²) in [6.45, 7) is 1.99. The summed E-state index contributed by atoms with van der Waals surface area (Å²) in [5.74, 6) is -0.346. The number of carboxylic acids is 1. The van der Waals surface area contributed by atoms with Gasteiger partial charge in [-0.1, -0.05) is 0 Å². The molecule has 4 nitrogen and oxygen atoms in total. The molecule has 14 heavy (non-hydrogen) atoms. The molecule has 1 heterocycles. The van der Waals surface area contributed by atoms with Crippen LogP contribution < -0.4 is 5.32 Å². The van der Waals surface area contributed by atoms with Gasteiger partial charge in [0.2, 0.25) is 0 Å². The lowest BCUT2D eigenvalue weighted by atomic mass is 9.94. The molecule has 1 aliphatic heterocycles. The second-order valence-corrected chi connectivity index (χ2v) is 4.30. The summed E-state index contributed by atoms with van der Waals surface area (Å²) >= 11 is 0. The molecule has 0 aromatic rings. The molecule has 0 amide bonds. The topological polar surface area (TPSA) is 52.6 Å². The van der Waals surface area contributed by atoms with Gasteiger partial charge in [-0.05, 0) is 45.9 Å². The Morgan fingerprint density at radius 1 is 1.57 bits per heavy atom. The smallest absolute Gasteiger partial charge is 0.303 e. The Morgan fingerprint density at radius 2 is 2.29 bits per heavy atom. The number of hydrogen-bond acceptors (Lipinski definition) is 3. The molecule has 1 rings (SSSR count). The summed E-state index contributed by atoms with van der Waals surface area (Å²) in [4.78, 5) is 12.7. The highest BCUT2D eigenvalue weighted by Gasteiger charge is 2.28. The van der Waals surface area contributed by atoms with E-state index in [0.717, 1.165) is 25.9 Å². The molecular formula is C10H20N2O2. The summed E-state index contributed by atoms with van der Waals surface area (Å²) in [6.07, 6.45) is 2.36. The molecule has 0 radical (unpaired) electrons. The highest BCUT2D eigenvalue weighted by molar-refractivity contribution is 5.67. The van der Waals surface area contributed by atoms with Crippen LogP contribution in [0.1, 0.15) is 19.3 Å². The van der Waals surface area contributed by atoms with Gasteiger partial charge in [-0.15, -0.1) is 0 Å². The lowest BCUT2D eigenvalue weighted by Crippen LogP contribution is -2.31. The van der Waals surface area contributed by atoms with Crippen molar-refractivity contribution in [1.82, 2.24) is 10.2 Å². The first-order chi connectivity index (χ1) is 6.59. The van der Waals surface area contributed by atoms with Crippen LogP contribution in [-0.2, 0) is 4.79 Å². The van der Waals surface area contributed by atoms with Crippen molar-refractivity contribution >= 4 is 5.97 Å². The monoisotopic (exact) mass is 200 g/mol. The predicted molar refractivity (Wildman–Crippen MR) is 55.3 cm³/mol. The molecule has 82 valence electrons. The molecule has 2 N–H and O–H groups in total. The number of nitrogens with one attached hydrogen (secondary N) is 1. The first kappa shape index (κ1) is 11.5. The quantitative estimate of drug-likeness (QED) is 0.674. The Labute approximate surface area is 85.3 Å². The highest BCUT2D eigenvalue weighted by Crippen LogP contribution is 2.21. The Hall–Kier alpha value is -0.610. The van der Waals surface area contributed by atoms with Crippen molar-refractivity contribution in [3.05, 3.63) is 0 Å². The summed E-state index contributed by atoms with van der Waals surface area (Å²) in [7, 11) is 4.09. The van der Waals surface area contributed by atoms with Gasteiger partial charge in [0.1, 0.15) is 0 Å². The van der Waals surface area contributed by atoms with E-state index in [1.165, 1.54) is 0 Å². The minimum Gasteiger partial charge on any atom is -0.481 e. The van der Waals surface area contributed by atoms with E-state index in [1.807, 2.05) is 14.1 Å². The number of carbonyl (C=O) groups is 1. The molecule has 1 aliphatic rings. The van der Waals surface area contributed by atoms with E-state index in [0.29, 0.717) is 18.4 Å². The van der Waals surface area contributed by atoms with Crippen molar-refractivity contribution in [3.8, 4) is 0 Å². The largest absolute Gasteiger partial charge is 0.481 e. The Morgan fingerprint density at radius 3 is 2.86 bits per heavy atom. The summed E-state index contributed by atoms with van der Waals surface area (Å²) < 4.78 is 0. The van der Waals surface area contributed by atoms with Gasteiger partial charge in [0.25, 0.3) is 0 Å². The van der Waals surface area contributed by atoms with Gasteiger partial charge in [0.05, 0.1) is 0 Å². The molecule has 0 aromatic carbocycles. The van der Waals surface area contributed by atoms with E-state index in [1.54, 1.807) is 0 Å². The van der Waals surface area contributed by atoms with Gasteiger partial charge < -0.3 is 15.3 Å². The minimum atomic E-state index is -0.673. The van der Waals surface area contributed by atoms with Crippen molar-refractivity contribution in [2.75, 3.05) is 27.2 Å². The van der Waals surface area contributed by atoms with Crippen LogP contribution in [0.15, 0.2) is 0 Å². The van der Waals surface area contributed by atoms with Crippen molar-refractivity contribution in [3.63, 3.8) is 0 Å². The van der Waals surface area contributed by atoms with E-state index in [9.17, 15) is 4.79 Å². The van der Waals surface area contributed by atoms with Crippen molar-refractivity contribution < 1.29 is 9.90 Å². The molecule has 1 fully saturated rings. The number of hydrogen-bond donors (Lipinski definition) is 2. The van der Waals surface area contributed by atoms with Crippen molar-refractivity contribution in [2.45, 2.75) is 25.3 Å². The molecule has 0 spiro atoms. The van der Waals surface area contributed by atoms with Crippen LogP contribution in [0.2, 0.25) is 0 Å². The van der Waals surface area contributed by atoms with Gasteiger partial charge >= 0.3 is 5.97 Å². The SMILES string of the molecule is CN(C)CCC1NCCC1CC(=O)O. The molecule has 0 saturated carbocycles. The van der Waals surface area contributed by atoms with Gasteiger partial charge in [-0.25, -0.2) is 0 Å². The third kappa shape index (κ3) is 3.64. The van der Waals surface area contributed by atoms with Crippen LogP contribution in [0.4, 0.5) is 0 Å². The lowest BCUT2D eigenvalue weighted by Gasteiger charge is -2.19. The van der Waals surface area contributed by atoms with Crippen LogP contribution in [0.25, 0.3) is 0 Å². The standard InChI is InChI=1S/C10H20N2O2/c1-12(2)6-4-9-8(3-5-11-9)7-10(13)14/h8-9,11H,3-7H2,1-2H3,(H,13,14). The fraction of sp³-hybridized carbons (Fsp3) is 0.900. The molecule has 1 saturated heterocycles. The number of aliphatic carboxylic acids is 1. The third-order valence-corrected chi connectivity index (χ3v) is 2.81. The first-order valence-corrected chi connectivity index (χ1v) is 5.19. The van der Waals surface area contributed by atoms with Crippen LogP contribution in [0.3, 0.4) is 0 Å². The molecule has 4 heteroatoms. The van der Waals surface area contributed by atoms with Crippen molar-refractivity contribution in [2.24, 2.45) is 5.92 Å². The Bertz CT molecular complexity index is 195. The predicted octanol–water partition coefficient (Wildman–Crippen LogP) is 0.391. The normalized spacial score (nSPS) is 27.1. The maximum Gasteiger partial charge on any atom is 0.303 e. The van der Waals surface area contributed by atoms with Gasteiger partial charge in [-0.2, -0.15) is 0 Å². The molecule has 0 bridgehead atoms. The number of carboxylic acid groups (broad SMARTS) is 1. The van der Waals surface area contributed by atoms with E-state index in [2.05, 4.69) is 10.2 Å².